The number of anilines is 2. The Bertz CT molecular complexity index is 362. The number of ether oxygens (including phenoxy) is 1. The fourth-order valence-electron chi connectivity index (χ4n) is 1.05. The lowest BCUT2D eigenvalue weighted by Crippen LogP contribution is -2.16. The molecule has 0 aliphatic rings. The number of methoxy groups -OCH3 is 1. The van der Waals surface area contributed by atoms with E-state index in [9.17, 15) is 4.79 Å². The topological polar surface area (TPSA) is 141 Å². The van der Waals surface area contributed by atoms with Crippen LogP contribution in [0.4, 0.5) is 11.9 Å². The molecule has 1 heterocycles. The summed E-state index contributed by atoms with van der Waals surface area (Å²) in [6.45, 7) is 0.514. The van der Waals surface area contributed by atoms with Gasteiger partial charge in [0.15, 0.2) is 0 Å². The van der Waals surface area contributed by atoms with Crippen molar-refractivity contribution in [2.45, 2.75) is 12.8 Å². The minimum absolute atomic E-state index is 0.144. The first kappa shape index (κ1) is 12.9. The number of nitrogens with zero attached hydrogens (tertiary/aromatic N) is 3. The van der Waals surface area contributed by atoms with Crippen molar-refractivity contribution in [3.8, 4) is 6.01 Å². The molecule has 1 amide bonds. The van der Waals surface area contributed by atoms with Gasteiger partial charge in [0.25, 0.3) is 0 Å². The Hall–Kier alpha value is -2.16. The maximum Gasteiger partial charge on any atom is 0.322 e. The van der Waals surface area contributed by atoms with Gasteiger partial charge in [-0.25, -0.2) is 5.84 Å². The van der Waals surface area contributed by atoms with Gasteiger partial charge in [-0.3, -0.25) is 10.2 Å². The van der Waals surface area contributed by atoms with E-state index in [0.29, 0.717) is 25.3 Å². The number of aromatic nitrogens is 3. The first-order valence-electron chi connectivity index (χ1n) is 4.94. The molecular weight excluding hydrogens is 226 g/mol. The molecule has 0 unspecified atom stereocenters. The number of rotatable bonds is 7. The van der Waals surface area contributed by atoms with Gasteiger partial charge in [-0.05, 0) is 6.42 Å². The average Bonchev–Trinajstić information content (AvgIpc) is 2.34. The molecule has 1 rings (SSSR count). The number of primary amides is 1. The van der Waals surface area contributed by atoms with Crippen molar-refractivity contribution in [3.05, 3.63) is 0 Å². The molecule has 0 radical (unpaired) electrons. The second-order valence-corrected chi connectivity index (χ2v) is 3.11. The van der Waals surface area contributed by atoms with Gasteiger partial charge >= 0.3 is 6.01 Å². The fourth-order valence-corrected chi connectivity index (χ4v) is 1.05. The molecule has 0 saturated heterocycles. The largest absolute Gasteiger partial charge is 0.467 e. The second kappa shape index (κ2) is 6.43. The number of hydrazine groups is 1. The maximum absolute atomic E-state index is 10.5. The van der Waals surface area contributed by atoms with E-state index in [1.165, 1.54) is 7.11 Å². The van der Waals surface area contributed by atoms with Crippen LogP contribution in [0.25, 0.3) is 0 Å². The minimum atomic E-state index is -0.343. The van der Waals surface area contributed by atoms with E-state index in [2.05, 4.69) is 25.7 Å². The van der Waals surface area contributed by atoms with Gasteiger partial charge in [-0.15, -0.1) is 0 Å². The smallest absolute Gasteiger partial charge is 0.322 e. The molecule has 1 aromatic heterocycles. The normalized spacial score (nSPS) is 9.76. The highest BCUT2D eigenvalue weighted by Crippen LogP contribution is 2.09. The monoisotopic (exact) mass is 241 g/mol. The Balaban J connectivity index is 2.54. The highest BCUT2D eigenvalue weighted by Gasteiger charge is 2.05. The molecule has 0 fully saturated rings. The van der Waals surface area contributed by atoms with Gasteiger partial charge in [-0.2, -0.15) is 15.0 Å². The van der Waals surface area contributed by atoms with E-state index >= 15 is 0 Å². The summed E-state index contributed by atoms with van der Waals surface area (Å²) in [4.78, 5) is 22.3. The van der Waals surface area contributed by atoms with Crippen molar-refractivity contribution in [2.75, 3.05) is 24.4 Å². The summed E-state index contributed by atoms with van der Waals surface area (Å²) in [6, 6.07) is 0.144. The highest BCUT2D eigenvalue weighted by molar-refractivity contribution is 5.73. The molecular formula is C8H15N7O2. The summed E-state index contributed by atoms with van der Waals surface area (Å²) >= 11 is 0. The van der Waals surface area contributed by atoms with Crippen molar-refractivity contribution in [1.29, 1.82) is 0 Å². The van der Waals surface area contributed by atoms with Crippen molar-refractivity contribution in [2.24, 2.45) is 11.6 Å². The third-order valence-corrected chi connectivity index (χ3v) is 1.81. The number of amides is 1. The van der Waals surface area contributed by atoms with Gasteiger partial charge in [-0.1, -0.05) is 0 Å². The van der Waals surface area contributed by atoms with E-state index in [-0.39, 0.29) is 17.9 Å². The molecule has 0 aliphatic carbocycles. The molecule has 0 aromatic carbocycles. The Morgan fingerprint density at radius 2 is 2.06 bits per heavy atom. The Morgan fingerprint density at radius 3 is 2.65 bits per heavy atom. The molecule has 0 saturated carbocycles. The van der Waals surface area contributed by atoms with Crippen LogP contribution in [0.1, 0.15) is 12.8 Å². The van der Waals surface area contributed by atoms with E-state index in [0.717, 1.165) is 0 Å². The predicted molar refractivity (Wildman–Crippen MR) is 61.1 cm³/mol. The molecule has 1 aromatic rings. The molecule has 6 N–H and O–H groups in total. The third kappa shape index (κ3) is 4.47. The quantitative estimate of drug-likeness (QED) is 0.266. The van der Waals surface area contributed by atoms with Crippen LogP contribution in [0.2, 0.25) is 0 Å². The number of carbonyl (C=O) groups is 1. The molecule has 0 spiro atoms. The molecule has 9 heteroatoms. The minimum Gasteiger partial charge on any atom is -0.467 e. The van der Waals surface area contributed by atoms with Gasteiger partial charge in [0, 0.05) is 13.0 Å². The van der Waals surface area contributed by atoms with Crippen molar-refractivity contribution in [3.63, 3.8) is 0 Å². The first-order chi connectivity index (χ1) is 8.15. The summed E-state index contributed by atoms with van der Waals surface area (Å²) in [6.07, 6.45) is 0.895. The summed E-state index contributed by atoms with van der Waals surface area (Å²) < 4.78 is 4.87. The number of carbonyl (C=O) groups excluding carboxylic acids is 1. The average molecular weight is 241 g/mol. The van der Waals surface area contributed by atoms with Gasteiger partial charge in [0.05, 0.1) is 7.11 Å². The second-order valence-electron chi connectivity index (χ2n) is 3.11. The first-order valence-corrected chi connectivity index (χ1v) is 4.94. The fraction of sp³-hybridized carbons (Fsp3) is 0.500. The van der Waals surface area contributed by atoms with Crippen molar-refractivity contribution >= 4 is 17.8 Å². The lowest BCUT2D eigenvalue weighted by Gasteiger charge is -2.06. The number of nitrogen functional groups attached to an aromatic ring is 1. The molecule has 94 valence electrons. The van der Waals surface area contributed by atoms with Crippen molar-refractivity contribution < 1.29 is 9.53 Å². The van der Waals surface area contributed by atoms with Crippen LogP contribution in [0.15, 0.2) is 0 Å². The molecule has 0 atom stereocenters. The van der Waals surface area contributed by atoms with Gasteiger partial charge in [0.1, 0.15) is 0 Å². The number of nitrogens with one attached hydrogen (secondary N) is 2. The number of hydrogen-bond donors (Lipinski definition) is 4. The lowest BCUT2D eigenvalue weighted by atomic mass is 10.3. The zero-order chi connectivity index (χ0) is 12.7. The zero-order valence-corrected chi connectivity index (χ0v) is 9.43. The third-order valence-electron chi connectivity index (χ3n) is 1.81. The number of hydrogen-bond acceptors (Lipinski definition) is 8. The zero-order valence-electron chi connectivity index (χ0n) is 9.43. The Kier molecular flexibility index (Phi) is 4.88. The van der Waals surface area contributed by atoms with Gasteiger partial charge < -0.3 is 15.8 Å². The maximum atomic E-state index is 10.5. The van der Waals surface area contributed by atoms with Crippen LogP contribution in [0, 0.1) is 0 Å². The Morgan fingerprint density at radius 1 is 1.35 bits per heavy atom. The van der Waals surface area contributed by atoms with Crippen LogP contribution >= 0.6 is 0 Å². The summed E-state index contributed by atoms with van der Waals surface area (Å²) in [5.41, 5.74) is 7.30. The van der Waals surface area contributed by atoms with Crippen LogP contribution in [-0.4, -0.2) is 34.5 Å². The van der Waals surface area contributed by atoms with E-state index in [4.69, 9.17) is 16.3 Å². The van der Waals surface area contributed by atoms with Crippen LogP contribution in [0.5, 0.6) is 6.01 Å². The standard InChI is InChI=1S/C8H15N7O2/c1-17-8-13-6(12-7(14-8)15-10)11-4-2-3-5(9)16/h2-4,10H2,1H3,(H2,9,16)(H2,11,12,13,14,15). The molecule has 0 aliphatic heterocycles. The van der Waals surface area contributed by atoms with Crippen LogP contribution < -0.4 is 27.1 Å². The van der Waals surface area contributed by atoms with E-state index in [1.807, 2.05) is 0 Å². The molecule has 17 heavy (non-hydrogen) atoms. The predicted octanol–water partition coefficient (Wildman–Crippen LogP) is -1.16. The molecule has 0 bridgehead atoms. The summed E-state index contributed by atoms with van der Waals surface area (Å²) in [7, 11) is 1.44. The van der Waals surface area contributed by atoms with Gasteiger partial charge in [0.2, 0.25) is 17.8 Å². The lowest BCUT2D eigenvalue weighted by molar-refractivity contribution is -0.118. The SMILES string of the molecule is COc1nc(NN)nc(NCCCC(N)=O)n1. The molecule has 9 nitrogen and oxygen atoms in total. The highest BCUT2D eigenvalue weighted by atomic mass is 16.5. The summed E-state index contributed by atoms with van der Waals surface area (Å²) in [5, 5.41) is 2.90. The van der Waals surface area contributed by atoms with Crippen molar-refractivity contribution in [1.82, 2.24) is 15.0 Å². The summed E-state index contributed by atoms with van der Waals surface area (Å²) in [5.74, 6) is 5.35. The van der Waals surface area contributed by atoms with Crippen LogP contribution in [0.3, 0.4) is 0 Å². The number of nitrogens with two attached hydrogens (primary N) is 2. The Labute approximate surface area is 97.9 Å². The van der Waals surface area contributed by atoms with E-state index < -0.39 is 0 Å². The van der Waals surface area contributed by atoms with Crippen LogP contribution in [-0.2, 0) is 4.79 Å². The van der Waals surface area contributed by atoms with E-state index in [1.54, 1.807) is 0 Å².